The van der Waals surface area contributed by atoms with Crippen molar-refractivity contribution in [1.82, 2.24) is 19.8 Å². The Kier molecular flexibility index (Phi) is 3.39. The molecule has 0 bridgehead atoms. The number of aryl methyl sites for hydroxylation is 1. The quantitative estimate of drug-likeness (QED) is 0.877. The Morgan fingerprint density at radius 1 is 1.27 bits per heavy atom. The van der Waals surface area contributed by atoms with Crippen molar-refractivity contribution in [3.05, 3.63) is 40.3 Å². The van der Waals surface area contributed by atoms with Crippen LogP contribution in [0.4, 0.5) is 0 Å². The van der Waals surface area contributed by atoms with Gasteiger partial charge in [0.25, 0.3) is 0 Å². The lowest BCUT2D eigenvalue weighted by Gasteiger charge is -2.24. The molecule has 4 rings (SSSR count). The Morgan fingerprint density at radius 3 is 2.91 bits per heavy atom. The number of rotatable bonds is 2. The summed E-state index contributed by atoms with van der Waals surface area (Å²) in [5, 5.41) is 6.76. The third-order valence-electron chi connectivity index (χ3n) is 4.89. The first-order chi connectivity index (χ1) is 10.8. The number of fused-ring (bicyclic) bond motifs is 1. The lowest BCUT2D eigenvalue weighted by atomic mass is 10.0. The van der Waals surface area contributed by atoms with Crippen LogP contribution in [-0.4, -0.2) is 35.3 Å². The standard InChI is InChI=1S/C17H22N4O/c1-20-16-14(12-7-9-19-10-12)5-2-6-15(16)21(17(20)22)13-4-3-8-18-11-13/h2,5-7,13,18-19H,3-4,8-11H2,1H3. The van der Waals surface area contributed by atoms with E-state index in [1.165, 1.54) is 11.1 Å². The summed E-state index contributed by atoms with van der Waals surface area (Å²) < 4.78 is 3.81. The summed E-state index contributed by atoms with van der Waals surface area (Å²) in [5.74, 6) is 0. The van der Waals surface area contributed by atoms with Crippen LogP contribution < -0.4 is 16.3 Å². The van der Waals surface area contributed by atoms with Crippen LogP contribution in [0, 0.1) is 0 Å². The van der Waals surface area contributed by atoms with E-state index in [2.05, 4.69) is 34.9 Å². The minimum absolute atomic E-state index is 0.0997. The van der Waals surface area contributed by atoms with Gasteiger partial charge in [-0.1, -0.05) is 18.2 Å². The summed E-state index contributed by atoms with van der Waals surface area (Å²) >= 11 is 0. The van der Waals surface area contributed by atoms with Gasteiger partial charge in [0, 0.05) is 32.2 Å². The van der Waals surface area contributed by atoms with Crippen molar-refractivity contribution in [3.8, 4) is 0 Å². The Bertz CT molecular complexity index is 793. The Balaban J connectivity index is 1.94. The molecule has 1 fully saturated rings. The van der Waals surface area contributed by atoms with Crippen molar-refractivity contribution < 1.29 is 0 Å². The van der Waals surface area contributed by atoms with Gasteiger partial charge < -0.3 is 10.6 Å². The van der Waals surface area contributed by atoms with Crippen LogP contribution in [0.5, 0.6) is 0 Å². The molecule has 2 N–H and O–H groups in total. The number of benzene rings is 1. The zero-order chi connectivity index (χ0) is 15.1. The summed E-state index contributed by atoms with van der Waals surface area (Å²) in [6.07, 6.45) is 4.42. The van der Waals surface area contributed by atoms with Crippen LogP contribution in [0.1, 0.15) is 24.4 Å². The summed E-state index contributed by atoms with van der Waals surface area (Å²) in [6.45, 7) is 3.73. The second-order valence-electron chi connectivity index (χ2n) is 6.25. The molecule has 5 heteroatoms. The molecule has 0 amide bonds. The van der Waals surface area contributed by atoms with Gasteiger partial charge in [-0.15, -0.1) is 0 Å². The Labute approximate surface area is 129 Å². The first-order valence-electron chi connectivity index (χ1n) is 8.08. The van der Waals surface area contributed by atoms with E-state index in [0.717, 1.165) is 50.1 Å². The van der Waals surface area contributed by atoms with Gasteiger partial charge in [0.2, 0.25) is 0 Å². The van der Waals surface area contributed by atoms with Crippen molar-refractivity contribution >= 4 is 16.6 Å². The number of piperidine rings is 1. The zero-order valence-corrected chi connectivity index (χ0v) is 12.9. The maximum atomic E-state index is 12.8. The first kappa shape index (κ1) is 13.8. The number of nitrogens with zero attached hydrogens (tertiary/aromatic N) is 2. The second-order valence-corrected chi connectivity index (χ2v) is 6.25. The van der Waals surface area contributed by atoms with Gasteiger partial charge in [-0.05, 0) is 31.0 Å². The number of para-hydroxylation sites is 1. The van der Waals surface area contributed by atoms with Gasteiger partial charge in [-0.3, -0.25) is 9.13 Å². The maximum absolute atomic E-state index is 12.8. The number of aromatic nitrogens is 2. The molecule has 0 saturated carbocycles. The van der Waals surface area contributed by atoms with Gasteiger partial charge in [-0.25, -0.2) is 4.79 Å². The highest BCUT2D eigenvalue weighted by atomic mass is 16.1. The van der Waals surface area contributed by atoms with Gasteiger partial charge in [0.05, 0.1) is 17.1 Å². The molecule has 2 aliphatic heterocycles. The van der Waals surface area contributed by atoms with E-state index < -0.39 is 0 Å². The maximum Gasteiger partial charge on any atom is 0.329 e. The minimum Gasteiger partial charge on any atom is -0.315 e. The van der Waals surface area contributed by atoms with Crippen LogP contribution in [0.25, 0.3) is 16.6 Å². The van der Waals surface area contributed by atoms with Crippen LogP contribution in [0.2, 0.25) is 0 Å². The summed E-state index contributed by atoms with van der Waals surface area (Å²) in [4.78, 5) is 12.8. The van der Waals surface area contributed by atoms with E-state index in [1.54, 1.807) is 0 Å². The van der Waals surface area contributed by atoms with Crippen molar-refractivity contribution in [2.75, 3.05) is 26.2 Å². The van der Waals surface area contributed by atoms with E-state index in [0.29, 0.717) is 0 Å². The predicted molar refractivity (Wildman–Crippen MR) is 89.2 cm³/mol. The molecule has 0 spiro atoms. The molecule has 0 radical (unpaired) electrons. The molecule has 0 aliphatic carbocycles. The van der Waals surface area contributed by atoms with Gasteiger partial charge in [0.1, 0.15) is 0 Å². The third kappa shape index (κ3) is 2.04. The number of nitrogens with one attached hydrogen (secondary N) is 2. The van der Waals surface area contributed by atoms with E-state index in [1.807, 2.05) is 16.2 Å². The number of hydrogen-bond donors (Lipinski definition) is 2. The smallest absolute Gasteiger partial charge is 0.315 e. The van der Waals surface area contributed by atoms with E-state index in [9.17, 15) is 4.79 Å². The first-order valence-corrected chi connectivity index (χ1v) is 8.08. The molecule has 2 aliphatic rings. The van der Waals surface area contributed by atoms with Gasteiger partial charge >= 0.3 is 5.69 Å². The minimum atomic E-state index is 0.0997. The van der Waals surface area contributed by atoms with Crippen molar-refractivity contribution in [3.63, 3.8) is 0 Å². The highest BCUT2D eigenvalue weighted by Gasteiger charge is 2.23. The van der Waals surface area contributed by atoms with Crippen molar-refractivity contribution in [2.45, 2.75) is 18.9 Å². The fourth-order valence-electron chi connectivity index (χ4n) is 3.78. The lowest BCUT2D eigenvalue weighted by molar-refractivity contribution is 0.369. The zero-order valence-electron chi connectivity index (χ0n) is 12.9. The monoisotopic (exact) mass is 298 g/mol. The predicted octanol–water partition coefficient (Wildman–Crippen LogP) is 1.25. The van der Waals surface area contributed by atoms with E-state index >= 15 is 0 Å². The molecule has 1 atom stereocenters. The molecule has 1 unspecified atom stereocenters. The van der Waals surface area contributed by atoms with Gasteiger partial charge in [-0.2, -0.15) is 0 Å². The number of hydrogen-bond acceptors (Lipinski definition) is 3. The summed E-state index contributed by atoms with van der Waals surface area (Å²) in [6, 6.07) is 6.54. The molecule has 3 heterocycles. The normalized spacial score (nSPS) is 22.2. The van der Waals surface area contributed by atoms with Crippen LogP contribution in [-0.2, 0) is 7.05 Å². The van der Waals surface area contributed by atoms with Crippen LogP contribution in [0.3, 0.4) is 0 Å². The van der Waals surface area contributed by atoms with Crippen LogP contribution in [0.15, 0.2) is 29.1 Å². The average molecular weight is 298 g/mol. The summed E-state index contributed by atoms with van der Waals surface area (Å²) in [5.41, 5.74) is 4.70. The van der Waals surface area contributed by atoms with Crippen molar-refractivity contribution in [2.24, 2.45) is 7.05 Å². The molecule has 1 aromatic carbocycles. The fraction of sp³-hybridized carbons (Fsp3) is 0.471. The Morgan fingerprint density at radius 2 is 2.18 bits per heavy atom. The van der Waals surface area contributed by atoms with E-state index in [4.69, 9.17) is 0 Å². The molecule has 116 valence electrons. The SMILES string of the molecule is Cn1c(=O)n(C2CCCNC2)c2cccc(C3=CCNC3)c21. The average Bonchev–Trinajstić information content (AvgIpc) is 3.17. The van der Waals surface area contributed by atoms with Crippen molar-refractivity contribution in [1.29, 1.82) is 0 Å². The molecule has 2 aromatic rings. The van der Waals surface area contributed by atoms with Gasteiger partial charge in [0.15, 0.2) is 0 Å². The molecule has 1 aromatic heterocycles. The molecule has 1 saturated heterocycles. The number of imidazole rings is 1. The fourth-order valence-corrected chi connectivity index (χ4v) is 3.78. The highest BCUT2D eigenvalue weighted by Crippen LogP contribution is 2.28. The van der Waals surface area contributed by atoms with E-state index in [-0.39, 0.29) is 11.7 Å². The molecule has 22 heavy (non-hydrogen) atoms. The molecular weight excluding hydrogens is 276 g/mol. The Hall–Kier alpha value is -1.85. The lowest BCUT2D eigenvalue weighted by Crippen LogP contribution is -2.36. The second kappa shape index (κ2) is 5.41. The van der Waals surface area contributed by atoms with Crippen LogP contribution >= 0.6 is 0 Å². The largest absolute Gasteiger partial charge is 0.329 e. The highest BCUT2D eigenvalue weighted by molar-refractivity contribution is 5.91. The topological polar surface area (TPSA) is 51.0 Å². The summed E-state index contributed by atoms with van der Waals surface area (Å²) in [7, 11) is 1.89. The molecular formula is C17H22N4O. The third-order valence-corrected chi connectivity index (χ3v) is 4.89. The molecule has 5 nitrogen and oxygen atoms in total.